The van der Waals surface area contributed by atoms with Crippen molar-refractivity contribution in [2.24, 2.45) is 0 Å². The molecule has 9 heteroatoms. The number of pyridine rings is 1. The van der Waals surface area contributed by atoms with Crippen molar-refractivity contribution in [3.8, 4) is 28.8 Å². The number of nitrogens with zero attached hydrogens (tertiary/aromatic N) is 5. The van der Waals surface area contributed by atoms with Crippen molar-refractivity contribution in [1.29, 1.82) is 0 Å². The summed E-state index contributed by atoms with van der Waals surface area (Å²) in [5, 5.41) is 12.4. The lowest BCUT2D eigenvalue weighted by atomic mass is 10.2. The average molecular weight is 417 g/mol. The van der Waals surface area contributed by atoms with Crippen LogP contribution in [0, 0.1) is 0 Å². The topological polar surface area (TPSA) is 101 Å². The summed E-state index contributed by atoms with van der Waals surface area (Å²) in [5.74, 6) is 0.821. The van der Waals surface area contributed by atoms with Crippen molar-refractivity contribution >= 4 is 5.97 Å². The van der Waals surface area contributed by atoms with Gasteiger partial charge < -0.3 is 14.2 Å². The number of benzene rings is 1. The van der Waals surface area contributed by atoms with E-state index in [4.69, 9.17) is 14.2 Å². The molecule has 4 aromatic rings. The van der Waals surface area contributed by atoms with Crippen molar-refractivity contribution in [2.45, 2.75) is 6.61 Å². The minimum Gasteiger partial charge on any atom is -0.487 e. The minimum atomic E-state index is -0.565. The number of hydrogen-bond donors (Lipinski definition) is 0. The molecule has 156 valence electrons. The molecule has 0 aliphatic carbocycles. The monoisotopic (exact) mass is 417 g/mol. The van der Waals surface area contributed by atoms with Crippen LogP contribution in [0.2, 0.25) is 0 Å². The Morgan fingerprint density at radius 3 is 2.48 bits per heavy atom. The fourth-order valence-corrected chi connectivity index (χ4v) is 2.84. The van der Waals surface area contributed by atoms with Crippen molar-refractivity contribution in [2.75, 3.05) is 14.2 Å². The Bertz CT molecular complexity index is 1160. The molecule has 31 heavy (non-hydrogen) atoms. The lowest BCUT2D eigenvalue weighted by Gasteiger charge is -2.08. The average Bonchev–Trinajstić information content (AvgIpc) is 3.29. The van der Waals surface area contributed by atoms with E-state index in [-0.39, 0.29) is 5.69 Å². The molecule has 0 fully saturated rings. The predicted molar refractivity (Wildman–Crippen MR) is 111 cm³/mol. The number of esters is 1. The van der Waals surface area contributed by atoms with Crippen LogP contribution < -0.4 is 9.47 Å². The zero-order valence-corrected chi connectivity index (χ0v) is 16.9. The Morgan fingerprint density at radius 1 is 1.00 bits per heavy atom. The first-order chi connectivity index (χ1) is 15.2. The number of methoxy groups -OCH3 is 2. The number of carbonyl (C=O) groups excluding carboxylic acids is 1. The molecule has 0 N–H and O–H groups in total. The van der Waals surface area contributed by atoms with Crippen LogP contribution in [0.4, 0.5) is 0 Å². The summed E-state index contributed by atoms with van der Waals surface area (Å²) in [5.41, 5.74) is 2.31. The second kappa shape index (κ2) is 9.04. The van der Waals surface area contributed by atoms with E-state index in [0.29, 0.717) is 35.4 Å². The molecule has 9 nitrogen and oxygen atoms in total. The Labute approximate surface area is 178 Å². The molecular formula is C22H19N5O4. The second-order valence-electron chi connectivity index (χ2n) is 6.41. The van der Waals surface area contributed by atoms with Gasteiger partial charge in [-0.25, -0.2) is 9.48 Å². The molecule has 0 aliphatic heterocycles. The zero-order chi connectivity index (χ0) is 21.6. The summed E-state index contributed by atoms with van der Waals surface area (Å²) in [6, 6.07) is 18.4. The van der Waals surface area contributed by atoms with Gasteiger partial charge in [0.05, 0.1) is 31.8 Å². The summed E-state index contributed by atoms with van der Waals surface area (Å²) in [6.07, 6.45) is 1.62. The molecule has 3 heterocycles. The number of carbonyl (C=O) groups is 1. The van der Waals surface area contributed by atoms with Gasteiger partial charge >= 0.3 is 5.97 Å². The third kappa shape index (κ3) is 4.50. The van der Waals surface area contributed by atoms with E-state index in [1.54, 1.807) is 36.5 Å². The largest absolute Gasteiger partial charge is 0.487 e. The molecule has 0 amide bonds. The standard InChI is InChI=1S/C22H19N5O4/c1-29-21-11-10-20(24-25-21)27-19(12-18(26-27)22(28)30-2)17-9-8-16(13-23-17)31-14-15-6-4-3-5-7-15/h3-13H,14H2,1-2H3. The van der Waals surface area contributed by atoms with Crippen molar-refractivity contribution in [3.05, 3.63) is 78.1 Å². The van der Waals surface area contributed by atoms with E-state index >= 15 is 0 Å². The number of rotatable bonds is 7. The number of aromatic nitrogens is 5. The van der Waals surface area contributed by atoms with Gasteiger partial charge in [0, 0.05) is 12.1 Å². The number of hydrogen-bond acceptors (Lipinski definition) is 8. The van der Waals surface area contributed by atoms with Gasteiger partial charge in [-0.2, -0.15) is 5.10 Å². The van der Waals surface area contributed by atoms with Gasteiger partial charge in [-0.15, -0.1) is 10.2 Å². The third-order valence-electron chi connectivity index (χ3n) is 4.40. The Balaban J connectivity index is 1.62. The van der Waals surface area contributed by atoms with E-state index in [2.05, 4.69) is 20.3 Å². The highest BCUT2D eigenvalue weighted by atomic mass is 16.5. The van der Waals surface area contributed by atoms with Gasteiger partial charge in [-0.1, -0.05) is 30.3 Å². The van der Waals surface area contributed by atoms with Gasteiger partial charge in [0.2, 0.25) is 5.88 Å². The molecule has 0 spiro atoms. The molecule has 0 saturated heterocycles. The highest BCUT2D eigenvalue weighted by Crippen LogP contribution is 2.24. The lowest BCUT2D eigenvalue weighted by molar-refractivity contribution is 0.0593. The van der Waals surface area contributed by atoms with Crippen molar-refractivity contribution < 1.29 is 19.0 Å². The van der Waals surface area contributed by atoms with Crippen LogP contribution in [0.25, 0.3) is 17.2 Å². The Kier molecular flexibility index (Phi) is 5.84. The Hall–Kier alpha value is -4.27. The third-order valence-corrected chi connectivity index (χ3v) is 4.40. The normalized spacial score (nSPS) is 10.5. The molecule has 0 saturated carbocycles. The van der Waals surface area contributed by atoms with Crippen molar-refractivity contribution in [1.82, 2.24) is 25.0 Å². The van der Waals surface area contributed by atoms with Crippen LogP contribution in [0.15, 0.2) is 66.9 Å². The highest BCUT2D eigenvalue weighted by Gasteiger charge is 2.19. The predicted octanol–water partition coefficient (Wildman–Crippen LogP) is 3.10. The molecule has 0 atom stereocenters. The smallest absolute Gasteiger partial charge is 0.358 e. The molecule has 3 aromatic heterocycles. The van der Waals surface area contributed by atoms with E-state index in [9.17, 15) is 4.79 Å². The molecule has 0 bridgehead atoms. The molecular weight excluding hydrogens is 398 g/mol. The lowest BCUT2D eigenvalue weighted by Crippen LogP contribution is -2.07. The molecule has 0 radical (unpaired) electrons. The van der Waals surface area contributed by atoms with E-state index in [1.165, 1.54) is 18.9 Å². The van der Waals surface area contributed by atoms with E-state index in [1.807, 2.05) is 30.3 Å². The maximum atomic E-state index is 12.0. The van der Waals surface area contributed by atoms with E-state index < -0.39 is 5.97 Å². The fraction of sp³-hybridized carbons (Fsp3) is 0.136. The fourth-order valence-electron chi connectivity index (χ4n) is 2.84. The van der Waals surface area contributed by atoms with Crippen LogP contribution in [-0.4, -0.2) is 45.2 Å². The van der Waals surface area contributed by atoms with E-state index in [0.717, 1.165) is 5.56 Å². The minimum absolute atomic E-state index is 0.126. The molecule has 0 aliphatic rings. The van der Waals surface area contributed by atoms with Crippen LogP contribution in [0.5, 0.6) is 11.6 Å². The summed E-state index contributed by atoms with van der Waals surface area (Å²) in [6.45, 7) is 0.438. The van der Waals surface area contributed by atoms with Gasteiger partial charge in [0.25, 0.3) is 0 Å². The first-order valence-corrected chi connectivity index (χ1v) is 9.37. The second-order valence-corrected chi connectivity index (χ2v) is 6.41. The summed E-state index contributed by atoms with van der Waals surface area (Å²) < 4.78 is 17.1. The highest BCUT2D eigenvalue weighted by molar-refractivity contribution is 5.88. The van der Waals surface area contributed by atoms with Crippen LogP contribution in [0.3, 0.4) is 0 Å². The summed E-state index contributed by atoms with van der Waals surface area (Å²) in [7, 11) is 2.80. The van der Waals surface area contributed by atoms with Gasteiger partial charge in [0.1, 0.15) is 12.4 Å². The van der Waals surface area contributed by atoms with Gasteiger partial charge in [-0.05, 0) is 23.8 Å². The molecule has 1 aromatic carbocycles. The van der Waals surface area contributed by atoms with Crippen LogP contribution in [0.1, 0.15) is 16.1 Å². The summed E-state index contributed by atoms with van der Waals surface area (Å²) >= 11 is 0. The van der Waals surface area contributed by atoms with Gasteiger partial charge in [0.15, 0.2) is 11.5 Å². The zero-order valence-electron chi connectivity index (χ0n) is 16.9. The van der Waals surface area contributed by atoms with Crippen LogP contribution in [-0.2, 0) is 11.3 Å². The van der Waals surface area contributed by atoms with Crippen LogP contribution >= 0.6 is 0 Å². The Morgan fingerprint density at radius 2 is 1.84 bits per heavy atom. The maximum Gasteiger partial charge on any atom is 0.358 e. The SMILES string of the molecule is COC(=O)c1cc(-c2ccc(OCc3ccccc3)cn2)n(-c2ccc(OC)nn2)n1. The first kappa shape index (κ1) is 20.0. The number of ether oxygens (including phenoxy) is 3. The maximum absolute atomic E-state index is 12.0. The molecule has 0 unspecified atom stereocenters. The van der Waals surface area contributed by atoms with Crippen molar-refractivity contribution in [3.63, 3.8) is 0 Å². The van der Waals surface area contributed by atoms with Gasteiger partial charge in [-0.3, -0.25) is 4.98 Å². The quantitative estimate of drug-likeness (QED) is 0.423. The summed E-state index contributed by atoms with van der Waals surface area (Å²) in [4.78, 5) is 16.5. The molecule has 4 rings (SSSR count). The first-order valence-electron chi connectivity index (χ1n) is 9.37.